The largest absolute Gasteiger partial charge is 0.497 e. The van der Waals surface area contributed by atoms with Crippen molar-refractivity contribution in [2.75, 3.05) is 27.3 Å². The van der Waals surface area contributed by atoms with E-state index in [1.807, 2.05) is 18.2 Å². The number of rotatable bonds is 5. The molecule has 0 aromatic heterocycles. The number of hydrogen-bond acceptors (Lipinski definition) is 3. The summed E-state index contributed by atoms with van der Waals surface area (Å²) in [6.45, 7) is 1.90. The van der Waals surface area contributed by atoms with Crippen molar-refractivity contribution in [3.8, 4) is 17.6 Å². The van der Waals surface area contributed by atoms with Gasteiger partial charge in [-0.1, -0.05) is 24.7 Å². The van der Waals surface area contributed by atoms with Crippen LogP contribution in [0.3, 0.4) is 0 Å². The average Bonchev–Trinajstić information content (AvgIpc) is 2.98. The number of benzene rings is 1. The lowest BCUT2D eigenvalue weighted by Crippen LogP contribution is -2.24. The second kappa shape index (κ2) is 8.07. The van der Waals surface area contributed by atoms with Crippen LogP contribution < -0.4 is 4.74 Å². The minimum absolute atomic E-state index is 0.108. The van der Waals surface area contributed by atoms with E-state index in [0.717, 1.165) is 35.9 Å². The van der Waals surface area contributed by atoms with Crippen LogP contribution in [-0.4, -0.2) is 37.3 Å². The van der Waals surface area contributed by atoms with Crippen molar-refractivity contribution in [2.45, 2.75) is 32.2 Å². The van der Waals surface area contributed by atoms with Gasteiger partial charge in [0.05, 0.1) is 7.11 Å². The summed E-state index contributed by atoms with van der Waals surface area (Å²) in [6.07, 6.45) is 5.48. The molecule has 1 aliphatic rings. The van der Waals surface area contributed by atoms with Gasteiger partial charge in [0.15, 0.2) is 0 Å². The summed E-state index contributed by atoms with van der Waals surface area (Å²) in [4.78, 5) is 2.37. The van der Waals surface area contributed by atoms with Gasteiger partial charge in [0.1, 0.15) is 12.4 Å². The summed E-state index contributed by atoms with van der Waals surface area (Å²) < 4.78 is 5.31. The highest BCUT2D eigenvalue weighted by molar-refractivity contribution is 5.45. The van der Waals surface area contributed by atoms with Crippen LogP contribution in [0.4, 0.5) is 0 Å². The second-order valence-corrected chi connectivity index (χ2v) is 5.83. The van der Waals surface area contributed by atoms with Gasteiger partial charge in [-0.25, -0.2) is 0 Å². The first kappa shape index (κ1) is 15.9. The number of aliphatic hydroxyl groups is 1. The van der Waals surface area contributed by atoms with Gasteiger partial charge in [-0.05, 0) is 49.6 Å². The molecule has 1 saturated carbocycles. The van der Waals surface area contributed by atoms with E-state index in [4.69, 9.17) is 9.84 Å². The first-order valence-electron chi connectivity index (χ1n) is 7.68. The van der Waals surface area contributed by atoms with Crippen LogP contribution in [0.2, 0.25) is 0 Å². The van der Waals surface area contributed by atoms with Crippen LogP contribution in [0.25, 0.3) is 0 Å². The Bertz CT molecular complexity index is 510. The van der Waals surface area contributed by atoms with Crippen LogP contribution in [0.5, 0.6) is 5.75 Å². The zero-order valence-electron chi connectivity index (χ0n) is 13.1. The SMILES string of the molecule is COc1ccc(C#CCO)c(CN(C)CC2CCCC2)c1. The molecule has 1 aliphatic carbocycles. The van der Waals surface area contributed by atoms with Gasteiger partial charge in [0, 0.05) is 18.7 Å². The van der Waals surface area contributed by atoms with Crippen molar-refractivity contribution in [3.05, 3.63) is 29.3 Å². The Morgan fingerprint density at radius 2 is 2.10 bits per heavy atom. The smallest absolute Gasteiger partial charge is 0.119 e. The Kier molecular flexibility index (Phi) is 6.10. The molecule has 3 heteroatoms. The standard InChI is InChI=1S/C18H25NO2/c1-19(13-15-6-3-4-7-15)14-17-12-18(21-2)10-9-16(17)8-5-11-20/h9-10,12,15,20H,3-4,6-7,11,13-14H2,1-2H3. The molecule has 0 amide bonds. The van der Waals surface area contributed by atoms with Crippen molar-refractivity contribution in [2.24, 2.45) is 5.92 Å². The molecule has 0 aliphatic heterocycles. The third-order valence-electron chi connectivity index (χ3n) is 4.10. The summed E-state index contributed by atoms with van der Waals surface area (Å²) in [7, 11) is 3.85. The lowest BCUT2D eigenvalue weighted by atomic mass is 10.0. The van der Waals surface area contributed by atoms with Crippen molar-refractivity contribution < 1.29 is 9.84 Å². The summed E-state index contributed by atoms with van der Waals surface area (Å²) in [5.41, 5.74) is 2.14. The van der Waals surface area contributed by atoms with Crippen molar-refractivity contribution in [1.29, 1.82) is 0 Å². The quantitative estimate of drug-likeness (QED) is 0.845. The molecule has 0 atom stereocenters. The Morgan fingerprint density at radius 3 is 2.76 bits per heavy atom. The Balaban J connectivity index is 2.08. The zero-order valence-corrected chi connectivity index (χ0v) is 13.1. The molecule has 0 saturated heterocycles. The molecule has 1 aromatic rings. The highest BCUT2D eigenvalue weighted by Crippen LogP contribution is 2.26. The first-order valence-corrected chi connectivity index (χ1v) is 7.68. The molecule has 114 valence electrons. The van der Waals surface area contributed by atoms with E-state index < -0.39 is 0 Å². The van der Waals surface area contributed by atoms with Crippen LogP contribution in [0, 0.1) is 17.8 Å². The number of aliphatic hydroxyl groups excluding tert-OH is 1. The van der Waals surface area contributed by atoms with Gasteiger partial charge in [-0.15, -0.1) is 0 Å². The average molecular weight is 287 g/mol. The molecule has 0 radical (unpaired) electrons. The number of hydrogen-bond donors (Lipinski definition) is 1. The highest BCUT2D eigenvalue weighted by Gasteiger charge is 2.17. The minimum Gasteiger partial charge on any atom is -0.497 e. The number of ether oxygens (including phenoxy) is 1. The van der Waals surface area contributed by atoms with E-state index >= 15 is 0 Å². The minimum atomic E-state index is -0.108. The molecule has 3 nitrogen and oxygen atoms in total. The maximum absolute atomic E-state index is 8.88. The highest BCUT2D eigenvalue weighted by atomic mass is 16.5. The Hall–Kier alpha value is -1.50. The normalized spacial score (nSPS) is 15.0. The van der Waals surface area contributed by atoms with Gasteiger partial charge in [0.25, 0.3) is 0 Å². The van der Waals surface area contributed by atoms with Crippen LogP contribution in [0.15, 0.2) is 18.2 Å². The molecular weight excluding hydrogens is 262 g/mol. The maximum atomic E-state index is 8.88. The monoisotopic (exact) mass is 287 g/mol. The van der Waals surface area contributed by atoms with Gasteiger partial charge in [-0.2, -0.15) is 0 Å². The van der Waals surface area contributed by atoms with Crippen LogP contribution in [-0.2, 0) is 6.54 Å². The fourth-order valence-electron chi connectivity index (χ4n) is 3.07. The third kappa shape index (κ3) is 4.77. The molecule has 1 N–H and O–H groups in total. The third-order valence-corrected chi connectivity index (χ3v) is 4.10. The molecule has 1 fully saturated rings. The summed E-state index contributed by atoms with van der Waals surface area (Å²) in [5, 5.41) is 8.88. The van der Waals surface area contributed by atoms with Gasteiger partial charge < -0.3 is 14.7 Å². The molecule has 1 aromatic carbocycles. The molecular formula is C18H25NO2. The summed E-state index contributed by atoms with van der Waals surface area (Å²) in [5.74, 6) is 7.46. The molecule has 0 spiro atoms. The molecule has 0 heterocycles. The molecule has 0 unspecified atom stereocenters. The van der Waals surface area contributed by atoms with E-state index in [9.17, 15) is 0 Å². The fourth-order valence-corrected chi connectivity index (χ4v) is 3.07. The Morgan fingerprint density at radius 1 is 1.33 bits per heavy atom. The van der Waals surface area contributed by atoms with Crippen LogP contribution in [0.1, 0.15) is 36.8 Å². The predicted octanol–water partition coefficient (Wildman–Crippen LogP) is 2.66. The lowest BCUT2D eigenvalue weighted by molar-refractivity contribution is 0.270. The summed E-state index contributed by atoms with van der Waals surface area (Å²) >= 11 is 0. The number of nitrogens with zero attached hydrogens (tertiary/aromatic N) is 1. The van der Waals surface area contributed by atoms with E-state index in [0.29, 0.717) is 0 Å². The molecule has 21 heavy (non-hydrogen) atoms. The maximum Gasteiger partial charge on any atom is 0.119 e. The summed E-state index contributed by atoms with van der Waals surface area (Å²) in [6, 6.07) is 5.94. The van der Waals surface area contributed by atoms with Gasteiger partial charge >= 0.3 is 0 Å². The van der Waals surface area contributed by atoms with Gasteiger partial charge in [0.2, 0.25) is 0 Å². The van der Waals surface area contributed by atoms with E-state index in [1.54, 1.807) is 7.11 Å². The first-order chi connectivity index (χ1) is 10.2. The van der Waals surface area contributed by atoms with Crippen molar-refractivity contribution >= 4 is 0 Å². The fraction of sp³-hybridized carbons (Fsp3) is 0.556. The van der Waals surface area contributed by atoms with E-state index in [1.165, 1.54) is 25.7 Å². The Labute approximate surface area is 127 Å². The van der Waals surface area contributed by atoms with E-state index in [2.05, 4.69) is 23.8 Å². The van der Waals surface area contributed by atoms with Gasteiger partial charge in [-0.3, -0.25) is 0 Å². The second-order valence-electron chi connectivity index (χ2n) is 5.83. The number of methoxy groups -OCH3 is 1. The molecule has 2 rings (SSSR count). The topological polar surface area (TPSA) is 32.7 Å². The predicted molar refractivity (Wildman–Crippen MR) is 85.2 cm³/mol. The zero-order chi connectivity index (χ0) is 15.1. The van der Waals surface area contributed by atoms with Crippen molar-refractivity contribution in [1.82, 2.24) is 4.90 Å². The molecule has 0 bridgehead atoms. The van der Waals surface area contributed by atoms with Crippen LogP contribution >= 0.6 is 0 Å². The van der Waals surface area contributed by atoms with Crippen molar-refractivity contribution in [3.63, 3.8) is 0 Å². The van der Waals surface area contributed by atoms with E-state index in [-0.39, 0.29) is 6.61 Å². The lowest BCUT2D eigenvalue weighted by Gasteiger charge is -2.21.